The molecule has 0 aromatic carbocycles. The molecule has 0 fully saturated rings. The van der Waals surface area contributed by atoms with Gasteiger partial charge >= 0.3 is 0 Å². The molecule has 5 nitrogen and oxygen atoms in total. The summed E-state index contributed by atoms with van der Waals surface area (Å²) in [4.78, 5) is 0. The third kappa shape index (κ3) is 8.65. The highest BCUT2D eigenvalue weighted by molar-refractivity contribution is 7.89. The number of aliphatic hydroxyl groups is 1. The fourth-order valence-electron chi connectivity index (χ4n) is 1.35. The summed E-state index contributed by atoms with van der Waals surface area (Å²) >= 11 is 0. The molecule has 0 rings (SSSR count). The molecule has 0 radical (unpaired) electrons. The van der Waals surface area contributed by atoms with Gasteiger partial charge in [0.25, 0.3) is 0 Å². The molecule has 94 valence electrons. The van der Waals surface area contributed by atoms with Gasteiger partial charge in [0.1, 0.15) is 0 Å². The Hall–Kier alpha value is -0.640. The summed E-state index contributed by atoms with van der Waals surface area (Å²) < 4.78 is 25.3. The Bertz CT molecular complexity index is 319. The normalized spacial score (nSPS) is 15.4. The molecule has 2 N–H and O–H groups in total. The van der Waals surface area contributed by atoms with Gasteiger partial charge < -0.3 is 5.11 Å². The predicted molar refractivity (Wildman–Crippen MR) is 62.1 cm³/mol. The van der Waals surface area contributed by atoms with E-state index in [0.29, 0.717) is 19.4 Å². The Morgan fingerprint density at radius 2 is 2.06 bits per heavy atom. The van der Waals surface area contributed by atoms with Crippen LogP contribution in [0.1, 0.15) is 33.1 Å². The number of hydrogen-bond acceptors (Lipinski definition) is 4. The lowest BCUT2D eigenvalue weighted by Gasteiger charge is -2.14. The summed E-state index contributed by atoms with van der Waals surface area (Å²) in [5, 5.41) is 17.4. The Morgan fingerprint density at radius 1 is 1.44 bits per heavy atom. The van der Waals surface area contributed by atoms with Crippen LogP contribution in [0, 0.1) is 17.2 Å². The van der Waals surface area contributed by atoms with Gasteiger partial charge in [0.05, 0.1) is 17.9 Å². The van der Waals surface area contributed by atoms with Crippen molar-refractivity contribution in [1.82, 2.24) is 4.72 Å². The average molecular weight is 248 g/mol. The summed E-state index contributed by atoms with van der Waals surface area (Å²) in [5.74, 6) is 0.0906. The maximum absolute atomic E-state index is 11.4. The molecule has 0 heterocycles. The highest BCUT2D eigenvalue weighted by atomic mass is 32.2. The van der Waals surface area contributed by atoms with E-state index in [1.165, 1.54) is 0 Å². The van der Waals surface area contributed by atoms with Crippen molar-refractivity contribution in [2.45, 2.75) is 39.2 Å². The van der Waals surface area contributed by atoms with Crippen molar-refractivity contribution in [2.24, 2.45) is 5.92 Å². The van der Waals surface area contributed by atoms with E-state index in [-0.39, 0.29) is 18.1 Å². The second-order valence-electron chi connectivity index (χ2n) is 4.12. The lowest BCUT2D eigenvalue weighted by molar-refractivity contribution is 0.165. The van der Waals surface area contributed by atoms with Crippen LogP contribution in [-0.2, 0) is 10.0 Å². The molecule has 0 saturated carbocycles. The van der Waals surface area contributed by atoms with Crippen LogP contribution in [0.5, 0.6) is 0 Å². The molecule has 0 amide bonds. The Balaban J connectivity index is 3.86. The maximum atomic E-state index is 11.4. The first-order valence-corrected chi connectivity index (χ1v) is 7.05. The van der Waals surface area contributed by atoms with Gasteiger partial charge in [-0.05, 0) is 25.7 Å². The molecule has 2 atom stereocenters. The zero-order valence-electron chi connectivity index (χ0n) is 9.81. The summed E-state index contributed by atoms with van der Waals surface area (Å²) in [6.07, 6.45) is 0.764. The van der Waals surface area contributed by atoms with Crippen molar-refractivity contribution in [3.05, 3.63) is 0 Å². The maximum Gasteiger partial charge on any atom is 0.211 e. The Morgan fingerprint density at radius 3 is 2.56 bits per heavy atom. The van der Waals surface area contributed by atoms with E-state index in [2.05, 4.69) is 4.72 Å². The molecule has 6 heteroatoms. The van der Waals surface area contributed by atoms with Gasteiger partial charge in [0, 0.05) is 13.0 Å². The van der Waals surface area contributed by atoms with Crippen LogP contribution in [0.4, 0.5) is 0 Å². The number of nitrogens with one attached hydrogen (secondary N) is 1. The van der Waals surface area contributed by atoms with Crippen molar-refractivity contribution < 1.29 is 13.5 Å². The molecule has 0 aliphatic rings. The SMILES string of the molecule is CC(O)CC(C)CNS(=O)(=O)CCCC#N. The fraction of sp³-hybridized carbons (Fsp3) is 0.900. The topological polar surface area (TPSA) is 90.2 Å². The van der Waals surface area contributed by atoms with E-state index >= 15 is 0 Å². The molecule has 0 aliphatic carbocycles. The van der Waals surface area contributed by atoms with E-state index in [9.17, 15) is 8.42 Å². The summed E-state index contributed by atoms with van der Waals surface area (Å²) in [6.45, 7) is 3.89. The van der Waals surface area contributed by atoms with Crippen molar-refractivity contribution in [3.63, 3.8) is 0 Å². The first-order valence-electron chi connectivity index (χ1n) is 5.39. The Labute approximate surface area is 97.5 Å². The van der Waals surface area contributed by atoms with E-state index in [1.54, 1.807) is 6.92 Å². The highest BCUT2D eigenvalue weighted by Crippen LogP contribution is 2.05. The third-order valence-corrected chi connectivity index (χ3v) is 3.53. The molecular formula is C10H20N2O3S. The average Bonchev–Trinajstić information content (AvgIpc) is 2.14. The second-order valence-corrected chi connectivity index (χ2v) is 6.05. The van der Waals surface area contributed by atoms with Gasteiger partial charge in [-0.25, -0.2) is 13.1 Å². The zero-order valence-corrected chi connectivity index (χ0v) is 10.6. The van der Waals surface area contributed by atoms with Gasteiger partial charge in [-0.1, -0.05) is 6.92 Å². The van der Waals surface area contributed by atoms with Crippen LogP contribution in [0.15, 0.2) is 0 Å². The number of nitrogens with zero attached hydrogens (tertiary/aromatic N) is 1. The van der Waals surface area contributed by atoms with Crippen LogP contribution in [0.2, 0.25) is 0 Å². The first kappa shape index (κ1) is 15.4. The number of hydrogen-bond donors (Lipinski definition) is 2. The zero-order chi connectivity index (χ0) is 12.6. The van der Waals surface area contributed by atoms with Crippen molar-refractivity contribution in [1.29, 1.82) is 5.26 Å². The third-order valence-electron chi connectivity index (χ3n) is 2.10. The molecule has 0 aromatic rings. The van der Waals surface area contributed by atoms with Crippen LogP contribution < -0.4 is 4.72 Å². The van der Waals surface area contributed by atoms with E-state index in [1.807, 2.05) is 13.0 Å². The number of sulfonamides is 1. The molecule has 16 heavy (non-hydrogen) atoms. The minimum absolute atomic E-state index is 0.0119. The summed E-state index contributed by atoms with van der Waals surface area (Å²) in [6, 6.07) is 1.91. The monoisotopic (exact) mass is 248 g/mol. The lowest BCUT2D eigenvalue weighted by atomic mass is 10.1. The van der Waals surface area contributed by atoms with E-state index in [0.717, 1.165) is 0 Å². The molecule has 0 bridgehead atoms. The quantitative estimate of drug-likeness (QED) is 0.616. The number of unbranched alkanes of at least 4 members (excludes halogenated alkanes) is 1. The Kier molecular flexibility index (Phi) is 7.30. The molecule has 0 saturated heterocycles. The highest BCUT2D eigenvalue weighted by Gasteiger charge is 2.12. The van der Waals surface area contributed by atoms with Gasteiger partial charge in [-0.2, -0.15) is 5.26 Å². The van der Waals surface area contributed by atoms with Crippen molar-refractivity contribution in [3.8, 4) is 6.07 Å². The van der Waals surface area contributed by atoms with Gasteiger partial charge in [-0.15, -0.1) is 0 Å². The van der Waals surface area contributed by atoms with Crippen molar-refractivity contribution >= 4 is 10.0 Å². The molecule has 0 spiro atoms. The van der Waals surface area contributed by atoms with Gasteiger partial charge in [-0.3, -0.25) is 0 Å². The molecule has 0 aliphatic heterocycles. The fourth-order valence-corrected chi connectivity index (χ4v) is 2.56. The van der Waals surface area contributed by atoms with Crippen LogP contribution in [0.25, 0.3) is 0 Å². The van der Waals surface area contributed by atoms with E-state index in [4.69, 9.17) is 10.4 Å². The molecular weight excluding hydrogens is 228 g/mol. The standard InChI is InChI=1S/C10H20N2O3S/c1-9(7-10(2)13)8-12-16(14,15)6-4-3-5-11/h9-10,12-13H,3-4,6-8H2,1-2H3. The number of rotatable bonds is 8. The first-order chi connectivity index (χ1) is 7.37. The lowest BCUT2D eigenvalue weighted by Crippen LogP contribution is -2.31. The van der Waals surface area contributed by atoms with Crippen LogP contribution in [0.3, 0.4) is 0 Å². The largest absolute Gasteiger partial charge is 0.393 e. The van der Waals surface area contributed by atoms with E-state index < -0.39 is 16.1 Å². The van der Waals surface area contributed by atoms with Crippen LogP contribution >= 0.6 is 0 Å². The summed E-state index contributed by atoms with van der Waals surface area (Å²) in [5.41, 5.74) is 0. The number of nitriles is 1. The second kappa shape index (κ2) is 7.60. The van der Waals surface area contributed by atoms with Crippen molar-refractivity contribution in [2.75, 3.05) is 12.3 Å². The number of aliphatic hydroxyl groups excluding tert-OH is 1. The molecule has 0 aromatic heterocycles. The smallest absolute Gasteiger partial charge is 0.211 e. The minimum Gasteiger partial charge on any atom is -0.393 e. The van der Waals surface area contributed by atoms with Gasteiger partial charge in [0.15, 0.2) is 0 Å². The minimum atomic E-state index is -3.27. The molecule has 2 unspecified atom stereocenters. The summed E-state index contributed by atoms with van der Waals surface area (Å²) in [7, 11) is -3.27. The van der Waals surface area contributed by atoms with Crippen LogP contribution in [-0.4, -0.2) is 31.9 Å². The van der Waals surface area contributed by atoms with Gasteiger partial charge in [0.2, 0.25) is 10.0 Å². The predicted octanol–water partition coefficient (Wildman–Crippen LogP) is 0.617.